The lowest BCUT2D eigenvalue weighted by molar-refractivity contribution is -0.138. The van der Waals surface area contributed by atoms with Crippen molar-refractivity contribution in [3.63, 3.8) is 0 Å². The third-order valence-electron chi connectivity index (χ3n) is 5.44. The molecule has 0 unspecified atom stereocenters. The highest BCUT2D eigenvalue weighted by molar-refractivity contribution is 5.79. The molecule has 1 heterocycles. The minimum Gasteiger partial charge on any atom is -0.488 e. The molecule has 0 amide bonds. The minimum atomic E-state index is -4.48. The minimum absolute atomic E-state index is 0.0115. The molecule has 1 fully saturated rings. The molecular formula is C22H35F3N4O2. The van der Waals surface area contributed by atoms with Gasteiger partial charge in [0, 0.05) is 38.9 Å². The number of rotatable bonds is 6. The van der Waals surface area contributed by atoms with Crippen LogP contribution in [0, 0.1) is 0 Å². The van der Waals surface area contributed by atoms with Gasteiger partial charge in [-0.15, -0.1) is 0 Å². The van der Waals surface area contributed by atoms with Gasteiger partial charge in [0.25, 0.3) is 0 Å². The molecule has 9 heteroatoms. The molecule has 0 spiro atoms. The lowest BCUT2D eigenvalue weighted by Crippen LogP contribution is -2.57. The van der Waals surface area contributed by atoms with Crippen LogP contribution >= 0.6 is 0 Å². The smallest absolute Gasteiger partial charge is 0.416 e. The topological polar surface area (TPSA) is 58.1 Å². The number of alkyl halides is 3. The SMILES string of the molecule is CN=C(NCc1ccc(OC(C)(C)C)cc1C(F)(F)F)NCC1(N(C)C)CCOCC1. The number of guanidine groups is 1. The summed E-state index contributed by atoms with van der Waals surface area (Å²) in [7, 11) is 5.66. The fourth-order valence-corrected chi connectivity index (χ4v) is 3.57. The van der Waals surface area contributed by atoms with Crippen molar-refractivity contribution in [2.75, 3.05) is 40.9 Å². The number of likely N-dealkylation sites (N-methyl/N-ethyl adjacent to an activating group) is 1. The second-order valence-electron chi connectivity index (χ2n) is 9.04. The number of hydrogen-bond donors (Lipinski definition) is 2. The number of aliphatic imine (C=N–C) groups is 1. The Morgan fingerprint density at radius 3 is 2.32 bits per heavy atom. The zero-order valence-corrected chi connectivity index (χ0v) is 19.3. The summed E-state index contributed by atoms with van der Waals surface area (Å²) < 4.78 is 52.0. The van der Waals surface area contributed by atoms with Crippen LogP contribution in [0.2, 0.25) is 0 Å². The van der Waals surface area contributed by atoms with E-state index in [0.29, 0.717) is 25.7 Å². The molecule has 6 nitrogen and oxygen atoms in total. The molecule has 2 N–H and O–H groups in total. The molecule has 0 radical (unpaired) electrons. The van der Waals surface area contributed by atoms with Gasteiger partial charge in [-0.2, -0.15) is 13.2 Å². The molecule has 0 atom stereocenters. The third kappa shape index (κ3) is 7.28. The normalized spacial score (nSPS) is 17.5. The first-order chi connectivity index (χ1) is 14.4. The Kier molecular flexibility index (Phi) is 8.21. The molecule has 176 valence electrons. The van der Waals surface area contributed by atoms with Crippen molar-refractivity contribution in [3.05, 3.63) is 29.3 Å². The monoisotopic (exact) mass is 444 g/mol. The van der Waals surface area contributed by atoms with Gasteiger partial charge < -0.3 is 25.0 Å². The number of nitrogens with zero attached hydrogens (tertiary/aromatic N) is 2. The van der Waals surface area contributed by atoms with E-state index in [-0.39, 0.29) is 23.4 Å². The summed E-state index contributed by atoms with van der Waals surface area (Å²) in [5.41, 5.74) is -1.25. The lowest BCUT2D eigenvalue weighted by atomic mass is 9.88. The van der Waals surface area contributed by atoms with Crippen LogP contribution in [0.15, 0.2) is 23.2 Å². The Morgan fingerprint density at radius 2 is 1.81 bits per heavy atom. The van der Waals surface area contributed by atoms with Crippen LogP contribution in [-0.2, 0) is 17.5 Å². The average Bonchev–Trinajstić information content (AvgIpc) is 2.67. The molecule has 1 aliphatic heterocycles. The summed E-state index contributed by atoms with van der Waals surface area (Å²) in [6.45, 7) is 7.36. The number of halogens is 3. The first-order valence-corrected chi connectivity index (χ1v) is 10.5. The van der Waals surface area contributed by atoms with Gasteiger partial charge in [0.15, 0.2) is 5.96 Å². The van der Waals surface area contributed by atoms with Crippen molar-refractivity contribution in [1.29, 1.82) is 0 Å². The van der Waals surface area contributed by atoms with Crippen LogP contribution in [0.4, 0.5) is 13.2 Å². The standard InChI is InChI=1S/C22H35F3N4O2/c1-20(2,3)31-17-8-7-16(18(13-17)22(23,24)25)14-27-19(26-4)28-15-21(29(5)6)9-11-30-12-10-21/h7-8,13H,9-12,14-15H2,1-6H3,(H2,26,27,28). The van der Waals surface area contributed by atoms with Gasteiger partial charge in [0.1, 0.15) is 11.4 Å². The second-order valence-corrected chi connectivity index (χ2v) is 9.04. The average molecular weight is 445 g/mol. The van der Waals surface area contributed by atoms with Gasteiger partial charge in [-0.3, -0.25) is 4.99 Å². The van der Waals surface area contributed by atoms with E-state index in [1.54, 1.807) is 33.9 Å². The third-order valence-corrected chi connectivity index (χ3v) is 5.44. The summed E-state index contributed by atoms with van der Waals surface area (Å²) in [6, 6.07) is 4.07. The number of ether oxygens (including phenoxy) is 2. The van der Waals surface area contributed by atoms with Crippen molar-refractivity contribution < 1.29 is 22.6 Å². The van der Waals surface area contributed by atoms with E-state index in [9.17, 15) is 13.2 Å². The van der Waals surface area contributed by atoms with Crippen molar-refractivity contribution in [2.45, 2.75) is 57.5 Å². The largest absolute Gasteiger partial charge is 0.488 e. The van der Waals surface area contributed by atoms with E-state index in [2.05, 4.69) is 20.5 Å². The van der Waals surface area contributed by atoms with E-state index >= 15 is 0 Å². The van der Waals surface area contributed by atoms with Gasteiger partial charge >= 0.3 is 6.18 Å². The zero-order valence-electron chi connectivity index (χ0n) is 19.3. The van der Waals surface area contributed by atoms with Crippen LogP contribution in [0.25, 0.3) is 0 Å². The molecule has 1 saturated heterocycles. The summed E-state index contributed by atoms with van der Waals surface area (Å²) in [6.07, 6.45) is -2.74. The van der Waals surface area contributed by atoms with Gasteiger partial charge in [0.05, 0.1) is 5.56 Å². The Balaban J connectivity index is 2.09. The Hall–Kier alpha value is -2.00. The van der Waals surface area contributed by atoms with E-state index in [4.69, 9.17) is 9.47 Å². The summed E-state index contributed by atoms with van der Waals surface area (Å²) >= 11 is 0. The molecular weight excluding hydrogens is 409 g/mol. The van der Waals surface area contributed by atoms with Crippen LogP contribution in [-0.4, -0.2) is 62.9 Å². The van der Waals surface area contributed by atoms with Gasteiger partial charge in [-0.05, 0) is 65.4 Å². The molecule has 0 aromatic heterocycles. The van der Waals surface area contributed by atoms with Crippen molar-refractivity contribution in [2.24, 2.45) is 4.99 Å². The molecule has 1 aliphatic rings. The fraction of sp³-hybridized carbons (Fsp3) is 0.682. The molecule has 0 bridgehead atoms. The number of nitrogens with one attached hydrogen (secondary N) is 2. The fourth-order valence-electron chi connectivity index (χ4n) is 3.57. The first-order valence-electron chi connectivity index (χ1n) is 10.5. The second kappa shape index (κ2) is 10.1. The van der Waals surface area contributed by atoms with Crippen molar-refractivity contribution >= 4 is 5.96 Å². The zero-order chi connectivity index (χ0) is 23.3. The van der Waals surface area contributed by atoms with Gasteiger partial charge in [0.2, 0.25) is 0 Å². The van der Waals surface area contributed by atoms with Crippen LogP contribution in [0.5, 0.6) is 5.75 Å². The highest BCUT2D eigenvalue weighted by Gasteiger charge is 2.36. The van der Waals surface area contributed by atoms with Crippen LogP contribution in [0.3, 0.4) is 0 Å². The molecule has 31 heavy (non-hydrogen) atoms. The predicted octanol–water partition coefficient (Wildman–Crippen LogP) is 3.66. The molecule has 1 aromatic carbocycles. The maximum absolute atomic E-state index is 13.7. The van der Waals surface area contributed by atoms with E-state index in [0.717, 1.165) is 18.9 Å². The Morgan fingerprint density at radius 1 is 1.16 bits per heavy atom. The van der Waals surface area contributed by atoms with Crippen LogP contribution in [0.1, 0.15) is 44.7 Å². The molecule has 2 rings (SSSR count). The van der Waals surface area contributed by atoms with Crippen molar-refractivity contribution in [1.82, 2.24) is 15.5 Å². The highest BCUT2D eigenvalue weighted by atomic mass is 19.4. The maximum Gasteiger partial charge on any atom is 0.416 e. The summed E-state index contributed by atoms with van der Waals surface area (Å²) in [5.74, 6) is 0.648. The first kappa shape index (κ1) is 25.3. The van der Waals surface area contributed by atoms with E-state index in [1.807, 2.05) is 14.1 Å². The van der Waals surface area contributed by atoms with E-state index in [1.165, 1.54) is 6.07 Å². The Bertz CT molecular complexity index is 752. The maximum atomic E-state index is 13.7. The highest BCUT2D eigenvalue weighted by Crippen LogP contribution is 2.35. The van der Waals surface area contributed by atoms with E-state index < -0.39 is 17.3 Å². The number of hydrogen-bond acceptors (Lipinski definition) is 4. The molecule has 0 aliphatic carbocycles. The summed E-state index contributed by atoms with van der Waals surface area (Å²) in [4.78, 5) is 6.35. The molecule has 0 saturated carbocycles. The van der Waals surface area contributed by atoms with Gasteiger partial charge in [-0.1, -0.05) is 6.07 Å². The molecule has 1 aromatic rings. The van der Waals surface area contributed by atoms with Crippen molar-refractivity contribution in [3.8, 4) is 5.75 Å². The Labute approximate surface area is 183 Å². The lowest BCUT2D eigenvalue weighted by Gasteiger charge is -2.43. The summed E-state index contributed by atoms with van der Waals surface area (Å²) in [5, 5.41) is 6.28. The van der Waals surface area contributed by atoms with Gasteiger partial charge in [-0.25, -0.2) is 0 Å². The van der Waals surface area contributed by atoms with Crippen LogP contribution < -0.4 is 15.4 Å². The predicted molar refractivity (Wildman–Crippen MR) is 116 cm³/mol. The quantitative estimate of drug-likeness (QED) is 0.518. The number of benzene rings is 1.